The molecule has 0 saturated carbocycles. The topological polar surface area (TPSA) is 296 Å². The van der Waals surface area contributed by atoms with Gasteiger partial charge in [0.2, 0.25) is 23.6 Å². The lowest BCUT2D eigenvalue weighted by Gasteiger charge is -2.38. The number of aliphatic hydroxyl groups excluding tert-OH is 3. The van der Waals surface area contributed by atoms with Crippen LogP contribution in [0.1, 0.15) is 126 Å². The van der Waals surface area contributed by atoms with E-state index in [9.17, 15) is 54.0 Å². The molecule has 0 aromatic heterocycles. The van der Waals surface area contributed by atoms with Gasteiger partial charge in [0.1, 0.15) is 36.6 Å². The molecule has 5 rings (SSSR count). The minimum atomic E-state index is -1.21. The number of esters is 1. The molecule has 0 spiro atoms. The maximum atomic E-state index is 13.8. The highest BCUT2D eigenvalue weighted by Gasteiger charge is 2.47. The van der Waals surface area contributed by atoms with Crippen molar-refractivity contribution < 1.29 is 77.7 Å². The number of allylic oxidation sites excluding steroid dienone is 2. The zero-order chi connectivity index (χ0) is 60.5. The molecule has 1 aromatic rings. The lowest BCUT2D eigenvalue weighted by atomic mass is 9.88. The van der Waals surface area contributed by atoms with Crippen LogP contribution in [0.25, 0.3) is 0 Å². The van der Waals surface area contributed by atoms with Gasteiger partial charge < -0.3 is 74.8 Å². The Balaban J connectivity index is 1.07. The lowest BCUT2D eigenvalue weighted by molar-refractivity contribution is -0.151. The third kappa shape index (κ3) is 20.0. The highest BCUT2D eigenvalue weighted by Crippen LogP contribution is 2.38. The number of unbranched alkanes of at least 4 members (excludes halogenated alkanes) is 2. The molecule has 82 heavy (non-hydrogen) atoms. The van der Waals surface area contributed by atoms with Crippen LogP contribution in [0.15, 0.2) is 72.4 Å². The van der Waals surface area contributed by atoms with Crippen molar-refractivity contribution in [1.29, 1.82) is 0 Å². The lowest BCUT2D eigenvalue weighted by Crippen LogP contribution is -2.53. The summed E-state index contributed by atoms with van der Waals surface area (Å²) < 4.78 is 29.4. The van der Waals surface area contributed by atoms with E-state index < -0.39 is 89.8 Å². The van der Waals surface area contributed by atoms with Gasteiger partial charge in [-0.25, -0.2) is 9.59 Å². The van der Waals surface area contributed by atoms with Crippen molar-refractivity contribution in [3.05, 3.63) is 77.9 Å². The minimum absolute atomic E-state index is 0.0531. The highest BCUT2D eigenvalue weighted by molar-refractivity contribution is 5.98. The summed E-state index contributed by atoms with van der Waals surface area (Å²) in [6.45, 7) is 17.0. The highest BCUT2D eigenvalue weighted by atomic mass is 16.6. The van der Waals surface area contributed by atoms with E-state index in [2.05, 4.69) is 16.0 Å². The van der Waals surface area contributed by atoms with Gasteiger partial charge in [-0.15, -0.1) is 0 Å². The van der Waals surface area contributed by atoms with Gasteiger partial charge in [-0.3, -0.25) is 24.0 Å². The fraction of sp³-hybridized carbons (Fsp3) is 0.650. The van der Waals surface area contributed by atoms with Crippen LogP contribution in [0, 0.1) is 17.8 Å². The number of hydrogen-bond donors (Lipinski definition) is 7. The number of rotatable bonds is 24. The zero-order valence-electron chi connectivity index (χ0n) is 49.4. The van der Waals surface area contributed by atoms with Crippen molar-refractivity contribution in [1.82, 2.24) is 25.3 Å². The number of piperazine rings is 1. The average molecular weight is 1150 g/mol. The SMILES string of the molecule is CC[C@H](O)[C@@H](C)[C@H]1O[C@@H]1C[C@@](C)(O)/C=C/C=C(\C)[C@H]1OC(=O)C[C@H](O)CC[C@@](C)(OC)[C@@H](OC(=O)N2CCN(C(=O)OCc3ccc(NC(=O)[C@H](C)NC(=O)[C@@H](NC(=O)CCCCCN4C(=O)C=CC4O)C(C)C)cc3)CC2)/C=C/[C@@H]1C. The van der Waals surface area contributed by atoms with Crippen LogP contribution in [0.3, 0.4) is 0 Å². The van der Waals surface area contributed by atoms with Crippen molar-refractivity contribution in [2.24, 2.45) is 17.8 Å². The number of ether oxygens (including phenoxy) is 5. The summed E-state index contributed by atoms with van der Waals surface area (Å²) in [5.74, 6) is -2.92. The third-order valence-corrected chi connectivity index (χ3v) is 15.8. The summed E-state index contributed by atoms with van der Waals surface area (Å²) >= 11 is 0. The van der Waals surface area contributed by atoms with Crippen LogP contribution in [-0.4, -0.2) is 183 Å². The molecule has 1 aromatic carbocycles. The van der Waals surface area contributed by atoms with E-state index in [-0.39, 0.29) is 94.3 Å². The van der Waals surface area contributed by atoms with Crippen LogP contribution < -0.4 is 16.0 Å². The van der Waals surface area contributed by atoms with Crippen LogP contribution in [0.5, 0.6) is 0 Å². The van der Waals surface area contributed by atoms with Crippen molar-refractivity contribution in [2.75, 3.05) is 45.2 Å². The molecule has 7 N–H and O–H groups in total. The Labute approximate surface area is 482 Å². The van der Waals surface area contributed by atoms with Gasteiger partial charge >= 0.3 is 18.2 Å². The number of nitrogens with zero attached hydrogens (tertiary/aromatic N) is 3. The largest absolute Gasteiger partial charge is 0.457 e. The number of methoxy groups -OCH3 is 1. The van der Waals surface area contributed by atoms with Crippen molar-refractivity contribution in [3.63, 3.8) is 0 Å². The van der Waals surface area contributed by atoms with Gasteiger partial charge in [-0.2, -0.15) is 0 Å². The van der Waals surface area contributed by atoms with Crippen LogP contribution in [0.4, 0.5) is 15.3 Å². The molecular formula is C60H90N6O16. The number of epoxide rings is 1. The first kappa shape index (κ1) is 66.6. The molecule has 1 unspecified atom stereocenters. The normalized spacial score (nSPS) is 27.0. The smallest absolute Gasteiger partial charge is 0.410 e. The molecule has 13 atom stereocenters. The monoisotopic (exact) mass is 1150 g/mol. The third-order valence-electron chi connectivity index (χ3n) is 15.8. The van der Waals surface area contributed by atoms with Gasteiger partial charge in [0, 0.05) is 76.3 Å². The Morgan fingerprint density at radius 1 is 0.927 bits per heavy atom. The Kier molecular flexibility index (Phi) is 25.1. The van der Waals surface area contributed by atoms with Crippen molar-refractivity contribution in [3.8, 4) is 0 Å². The molecule has 4 aliphatic rings. The molecule has 0 radical (unpaired) electrons. The quantitative estimate of drug-likeness (QED) is 0.0175. The second-order valence-corrected chi connectivity index (χ2v) is 23.0. The number of carbonyl (C=O) groups is 7. The molecule has 4 heterocycles. The molecule has 2 saturated heterocycles. The van der Waals surface area contributed by atoms with Gasteiger partial charge in [-0.05, 0) is 101 Å². The second-order valence-electron chi connectivity index (χ2n) is 23.0. The van der Waals surface area contributed by atoms with E-state index in [1.165, 1.54) is 40.9 Å². The predicted octanol–water partition coefficient (Wildman–Crippen LogP) is 5.18. The van der Waals surface area contributed by atoms with Crippen molar-refractivity contribution >= 4 is 47.5 Å². The Morgan fingerprint density at radius 2 is 1.60 bits per heavy atom. The number of amides is 6. The number of carbonyl (C=O) groups excluding carboxylic acids is 7. The van der Waals surface area contributed by atoms with E-state index in [0.717, 1.165) is 0 Å². The number of benzene rings is 1. The molecule has 0 aliphatic carbocycles. The van der Waals surface area contributed by atoms with Gasteiger partial charge in [0.25, 0.3) is 0 Å². The molecule has 6 amide bonds. The molecule has 0 bridgehead atoms. The number of cyclic esters (lactones) is 1. The summed E-state index contributed by atoms with van der Waals surface area (Å²) in [4.78, 5) is 95.4. The summed E-state index contributed by atoms with van der Waals surface area (Å²) in [7, 11) is 1.49. The van der Waals surface area contributed by atoms with Crippen LogP contribution in [0.2, 0.25) is 0 Å². The van der Waals surface area contributed by atoms with Gasteiger partial charge in [0.05, 0.1) is 36.4 Å². The van der Waals surface area contributed by atoms with E-state index in [1.807, 2.05) is 20.8 Å². The predicted molar refractivity (Wildman–Crippen MR) is 304 cm³/mol. The fourth-order valence-electron chi connectivity index (χ4n) is 10.1. The van der Waals surface area contributed by atoms with E-state index in [4.69, 9.17) is 23.7 Å². The molecule has 2 fully saturated rings. The zero-order valence-corrected chi connectivity index (χ0v) is 49.4. The molecule has 456 valence electrons. The number of aliphatic hydroxyl groups is 4. The van der Waals surface area contributed by atoms with Crippen LogP contribution >= 0.6 is 0 Å². The maximum absolute atomic E-state index is 13.8. The summed E-state index contributed by atoms with van der Waals surface area (Å²) in [6.07, 6.45) is 8.64. The average Bonchev–Trinajstić information content (AvgIpc) is 4.34. The minimum Gasteiger partial charge on any atom is -0.457 e. The first-order chi connectivity index (χ1) is 38.7. The Bertz CT molecular complexity index is 2460. The summed E-state index contributed by atoms with van der Waals surface area (Å²) in [6, 6.07) is 4.81. The second kappa shape index (κ2) is 30.9. The van der Waals surface area contributed by atoms with Gasteiger partial charge in [0.15, 0.2) is 6.10 Å². The molecule has 22 heteroatoms. The first-order valence-corrected chi connectivity index (χ1v) is 28.8. The number of anilines is 1. The standard InChI is InChI=1S/C60H90N6O16/c1-11-45(68)40(6)54-46(80-54)35-59(8,77)27-15-16-38(4)53-39(5)18-23-47(60(9,78-10)28-26-44(67)34-51(72)82-53)81-58(76)65-32-30-64(31-33-65)57(75)79-36-42-19-21-43(22-20-42)62-55(73)41(7)61-56(74)52(37(2)3)63-48(69)17-13-12-14-29-66-49(70)24-25-50(66)71/h15-16,18-25,27,37,39-41,44-47,49,52-54,67-68,70,77H,11-14,17,26,28-36H2,1-10H3,(H,61,74)(H,62,73)(H,63,69)/b23-18+,27-15+,38-16+/t39-,40+,41-,44+,45-,46+,47-,49?,52-,53+,54+,59-,60+/m0/s1. The van der Waals surface area contributed by atoms with E-state index >= 15 is 0 Å². The number of nitrogens with one attached hydrogen (secondary N) is 3. The Morgan fingerprint density at radius 3 is 2.22 bits per heavy atom. The van der Waals surface area contributed by atoms with Gasteiger partial charge in [-0.1, -0.05) is 77.5 Å². The van der Waals surface area contributed by atoms with E-state index in [0.29, 0.717) is 55.5 Å². The van der Waals surface area contributed by atoms with Crippen molar-refractivity contribution in [2.45, 2.75) is 193 Å². The summed E-state index contributed by atoms with van der Waals surface area (Å²) in [5, 5.41) is 50.4. The molecular weight excluding hydrogens is 1060 g/mol. The number of hydrogen-bond acceptors (Lipinski definition) is 16. The first-order valence-electron chi connectivity index (χ1n) is 28.8. The molecule has 22 nitrogen and oxygen atoms in total. The summed E-state index contributed by atoms with van der Waals surface area (Å²) in [5.41, 5.74) is -0.587. The van der Waals surface area contributed by atoms with Crippen LogP contribution in [-0.2, 0) is 54.3 Å². The molecule has 4 aliphatic heterocycles. The maximum Gasteiger partial charge on any atom is 0.410 e. The Hall–Kier alpha value is -6.17. The fourth-order valence-corrected chi connectivity index (χ4v) is 10.1. The van der Waals surface area contributed by atoms with E-state index in [1.54, 1.807) is 89.3 Å².